The number of rotatable bonds is 2. The number of hydrogen-bond donors (Lipinski definition) is 0. The van der Waals surface area contributed by atoms with Crippen LogP contribution in [0.2, 0.25) is 0 Å². The van der Waals surface area contributed by atoms with Crippen molar-refractivity contribution in [2.45, 2.75) is 25.7 Å². The maximum absolute atomic E-state index is 10.6. The standard InChI is InChI=1S/C10H11NO2/c1-7-2-3-9(8-4-5-8)6-10(7)11(12)13/h2-3,6,8H,4-5H2,1H3. The van der Waals surface area contributed by atoms with E-state index in [1.165, 1.54) is 12.8 Å². The van der Waals surface area contributed by atoms with Gasteiger partial charge in [-0.2, -0.15) is 0 Å². The van der Waals surface area contributed by atoms with E-state index in [4.69, 9.17) is 0 Å². The van der Waals surface area contributed by atoms with E-state index in [1.54, 1.807) is 13.0 Å². The van der Waals surface area contributed by atoms with Gasteiger partial charge in [0.25, 0.3) is 5.69 Å². The van der Waals surface area contributed by atoms with Gasteiger partial charge in [-0.15, -0.1) is 0 Å². The summed E-state index contributed by atoms with van der Waals surface area (Å²) in [7, 11) is 0. The summed E-state index contributed by atoms with van der Waals surface area (Å²) in [5, 5.41) is 10.6. The zero-order valence-corrected chi connectivity index (χ0v) is 7.49. The first-order valence-corrected chi connectivity index (χ1v) is 4.43. The van der Waals surface area contributed by atoms with Crippen LogP contribution in [0.25, 0.3) is 0 Å². The lowest BCUT2D eigenvalue weighted by Gasteiger charge is -2.00. The Balaban J connectivity index is 2.41. The second-order valence-electron chi connectivity index (χ2n) is 3.58. The van der Waals surface area contributed by atoms with Crippen molar-refractivity contribution in [1.82, 2.24) is 0 Å². The van der Waals surface area contributed by atoms with Gasteiger partial charge < -0.3 is 0 Å². The molecule has 1 fully saturated rings. The van der Waals surface area contributed by atoms with Gasteiger partial charge in [-0.1, -0.05) is 12.1 Å². The molecule has 0 bridgehead atoms. The van der Waals surface area contributed by atoms with E-state index in [-0.39, 0.29) is 10.6 Å². The Morgan fingerprint density at radius 2 is 2.15 bits per heavy atom. The van der Waals surface area contributed by atoms with Crippen LogP contribution in [-0.4, -0.2) is 4.92 Å². The van der Waals surface area contributed by atoms with Crippen molar-refractivity contribution in [2.24, 2.45) is 0 Å². The first-order chi connectivity index (χ1) is 6.18. The number of nitro groups is 1. The molecule has 68 valence electrons. The molecule has 1 aliphatic carbocycles. The van der Waals surface area contributed by atoms with Crippen molar-refractivity contribution in [3.63, 3.8) is 0 Å². The molecule has 1 saturated carbocycles. The highest BCUT2D eigenvalue weighted by Gasteiger charge is 2.25. The minimum Gasteiger partial charge on any atom is -0.258 e. The average molecular weight is 177 g/mol. The van der Waals surface area contributed by atoms with Crippen molar-refractivity contribution in [3.05, 3.63) is 39.4 Å². The smallest absolute Gasteiger partial charge is 0.258 e. The number of aryl methyl sites for hydroxylation is 1. The van der Waals surface area contributed by atoms with Gasteiger partial charge in [-0.25, -0.2) is 0 Å². The van der Waals surface area contributed by atoms with E-state index in [2.05, 4.69) is 0 Å². The number of benzene rings is 1. The zero-order chi connectivity index (χ0) is 9.42. The van der Waals surface area contributed by atoms with Crippen molar-refractivity contribution >= 4 is 5.69 Å². The Labute approximate surface area is 76.5 Å². The molecular weight excluding hydrogens is 166 g/mol. The molecule has 0 radical (unpaired) electrons. The average Bonchev–Trinajstić information content (AvgIpc) is 2.87. The van der Waals surface area contributed by atoms with Gasteiger partial charge in [0, 0.05) is 11.6 Å². The molecule has 0 atom stereocenters. The summed E-state index contributed by atoms with van der Waals surface area (Å²) in [6.45, 7) is 1.77. The van der Waals surface area contributed by atoms with Gasteiger partial charge in [0.15, 0.2) is 0 Å². The minimum absolute atomic E-state index is 0.254. The van der Waals surface area contributed by atoms with E-state index in [1.807, 2.05) is 12.1 Å². The maximum Gasteiger partial charge on any atom is 0.272 e. The van der Waals surface area contributed by atoms with Crippen molar-refractivity contribution < 1.29 is 4.92 Å². The summed E-state index contributed by atoms with van der Waals surface area (Å²) in [5.74, 6) is 0.583. The fourth-order valence-electron chi connectivity index (χ4n) is 1.49. The Morgan fingerprint density at radius 1 is 1.46 bits per heavy atom. The normalized spacial score (nSPS) is 15.8. The lowest BCUT2D eigenvalue weighted by atomic mass is 10.1. The molecule has 0 amide bonds. The Kier molecular flexibility index (Phi) is 1.79. The summed E-state index contributed by atoms with van der Waals surface area (Å²) >= 11 is 0. The zero-order valence-electron chi connectivity index (χ0n) is 7.49. The van der Waals surface area contributed by atoms with Crippen LogP contribution in [0.4, 0.5) is 5.69 Å². The molecule has 0 aliphatic heterocycles. The highest BCUT2D eigenvalue weighted by molar-refractivity contribution is 5.44. The summed E-state index contributed by atoms with van der Waals surface area (Å²) in [6.07, 6.45) is 2.36. The van der Waals surface area contributed by atoms with Crippen molar-refractivity contribution in [3.8, 4) is 0 Å². The van der Waals surface area contributed by atoms with Gasteiger partial charge in [-0.3, -0.25) is 10.1 Å². The molecule has 1 aromatic carbocycles. The van der Waals surface area contributed by atoms with Crippen molar-refractivity contribution in [1.29, 1.82) is 0 Å². The molecule has 0 heterocycles. The summed E-state index contributed by atoms with van der Waals surface area (Å²) < 4.78 is 0. The molecule has 0 unspecified atom stereocenters. The van der Waals surface area contributed by atoms with Gasteiger partial charge in [0.05, 0.1) is 4.92 Å². The van der Waals surface area contributed by atoms with E-state index < -0.39 is 0 Å². The summed E-state index contributed by atoms with van der Waals surface area (Å²) in [6, 6.07) is 5.55. The number of nitrogens with zero attached hydrogens (tertiary/aromatic N) is 1. The van der Waals surface area contributed by atoms with Crippen LogP contribution in [0.3, 0.4) is 0 Å². The molecule has 0 N–H and O–H groups in total. The third-order valence-electron chi connectivity index (χ3n) is 2.48. The molecule has 0 spiro atoms. The number of nitro benzene ring substituents is 1. The van der Waals surface area contributed by atoms with Crippen LogP contribution >= 0.6 is 0 Å². The molecule has 13 heavy (non-hydrogen) atoms. The molecule has 0 saturated heterocycles. The predicted octanol–water partition coefficient (Wildman–Crippen LogP) is 2.78. The van der Waals surface area contributed by atoms with E-state index in [0.29, 0.717) is 5.92 Å². The van der Waals surface area contributed by atoms with Crippen LogP contribution in [0.15, 0.2) is 18.2 Å². The molecule has 3 nitrogen and oxygen atoms in total. The second-order valence-corrected chi connectivity index (χ2v) is 3.58. The molecule has 3 heteroatoms. The quantitative estimate of drug-likeness (QED) is 0.515. The first kappa shape index (κ1) is 8.23. The third kappa shape index (κ3) is 1.54. The highest BCUT2D eigenvalue weighted by Crippen LogP contribution is 2.41. The van der Waals surface area contributed by atoms with Crippen LogP contribution < -0.4 is 0 Å². The molecule has 0 aromatic heterocycles. The first-order valence-electron chi connectivity index (χ1n) is 4.43. The van der Waals surface area contributed by atoms with E-state index in [9.17, 15) is 10.1 Å². The van der Waals surface area contributed by atoms with Gasteiger partial charge in [0.2, 0.25) is 0 Å². The third-order valence-corrected chi connectivity index (χ3v) is 2.48. The predicted molar refractivity (Wildman–Crippen MR) is 49.8 cm³/mol. The Hall–Kier alpha value is -1.38. The monoisotopic (exact) mass is 177 g/mol. The lowest BCUT2D eigenvalue weighted by molar-refractivity contribution is -0.385. The van der Waals surface area contributed by atoms with E-state index >= 15 is 0 Å². The van der Waals surface area contributed by atoms with Crippen LogP contribution in [-0.2, 0) is 0 Å². The van der Waals surface area contributed by atoms with Gasteiger partial charge >= 0.3 is 0 Å². The summed E-state index contributed by atoms with van der Waals surface area (Å²) in [5.41, 5.74) is 2.12. The van der Waals surface area contributed by atoms with Gasteiger partial charge in [0.1, 0.15) is 0 Å². The Morgan fingerprint density at radius 3 is 2.69 bits per heavy atom. The fraction of sp³-hybridized carbons (Fsp3) is 0.400. The number of hydrogen-bond acceptors (Lipinski definition) is 2. The second kappa shape index (κ2) is 2.83. The molecule has 2 rings (SSSR count). The largest absolute Gasteiger partial charge is 0.272 e. The Bertz CT molecular complexity index is 356. The highest BCUT2D eigenvalue weighted by atomic mass is 16.6. The molecule has 1 aromatic rings. The fourth-order valence-corrected chi connectivity index (χ4v) is 1.49. The van der Waals surface area contributed by atoms with Crippen LogP contribution in [0.5, 0.6) is 0 Å². The van der Waals surface area contributed by atoms with Crippen LogP contribution in [0.1, 0.15) is 29.9 Å². The molecule has 1 aliphatic rings. The summed E-state index contributed by atoms with van der Waals surface area (Å²) in [4.78, 5) is 10.3. The SMILES string of the molecule is Cc1ccc(C2CC2)cc1[N+](=O)[O-]. The minimum atomic E-state index is -0.304. The van der Waals surface area contributed by atoms with Gasteiger partial charge in [-0.05, 0) is 31.2 Å². The molecular formula is C10H11NO2. The van der Waals surface area contributed by atoms with Crippen LogP contribution in [0, 0.1) is 17.0 Å². The van der Waals surface area contributed by atoms with E-state index in [0.717, 1.165) is 11.1 Å². The van der Waals surface area contributed by atoms with Crippen molar-refractivity contribution in [2.75, 3.05) is 0 Å². The lowest BCUT2D eigenvalue weighted by Crippen LogP contribution is -1.92. The maximum atomic E-state index is 10.6. The topological polar surface area (TPSA) is 43.1 Å².